The van der Waals surface area contributed by atoms with E-state index in [1.807, 2.05) is 49.4 Å². The molecule has 0 aliphatic carbocycles. The largest absolute Gasteiger partial charge is 0.494 e. The number of carbonyl (C=O) groups excluding carboxylic acids is 2. The van der Waals surface area contributed by atoms with Gasteiger partial charge in [0.15, 0.2) is 11.5 Å². The van der Waals surface area contributed by atoms with Crippen molar-refractivity contribution in [3.05, 3.63) is 53.6 Å². The third-order valence-corrected chi connectivity index (χ3v) is 6.72. The molecule has 4 rings (SSSR count). The van der Waals surface area contributed by atoms with E-state index in [2.05, 4.69) is 4.90 Å². The highest BCUT2D eigenvalue weighted by atomic mass is 16.6. The second-order valence-electron chi connectivity index (χ2n) is 9.04. The summed E-state index contributed by atoms with van der Waals surface area (Å²) in [6, 6.07) is 13.2. The van der Waals surface area contributed by atoms with Crippen molar-refractivity contribution in [3.8, 4) is 17.2 Å². The topological polar surface area (TPSA) is 93.1 Å². The smallest absolute Gasteiger partial charge is 0.409 e. The van der Waals surface area contributed by atoms with E-state index in [0.717, 1.165) is 22.6 Å². The quantitative estimate of drug-likeness (QED) is 0.495. The number of ether oxygens (including phenoxy) is 4. The van der Waals surface area contributed by atoms with Crippen LogP contribution < -0.4 is 14.2 Å². The molecule has 0 aromatic heterocycles. The van der Waals surface area contributed by atoms with Crippen molar-refractivity contribution in [1.29, 1.82) is 0 Å². The van der Waals surface area contributed by atoms with Gasteiger partial charge in [-0.25, -0.2) is 9.80 Å². The van der Waals surface area contributed by atoms with Crippen molar-refractivity contribution in [2.45, 2.75) is 26.3 Å². The van der Waals surface area contributed by atoms with Crippen molar-refractivity contribution >= 4 is 17.7 Å². The number of piperazine rings is 1. The van der Waals surface area contributed by atoms with Gasteiger partial charge in [-0.3, -0.25) is 9.69 Å². The average molecular weight is 525 g/mol. The molecule has 1 saturated heterocycles. The predicted molar refractivity (Wildman–Crippen MR) is 143 cm³/mol. The molecule has 38 heavy (non-hydrogen) atoms. The van der Waals surface area contributed by atoms with E-state index in [9.17, 15) is 9.59 Å². The summed E-state index contributed by atoms with van der Waals surface area (Å²) in [6.07, 6.45) is 0.254. The first kappa shape index (κ1) is 27.3. The number of carbonyl (C=O) groups is 2. The molecule has 1 atom stereocenters. The molecule has 10 nitrogen and oxygen atoms in total. The van der Waals surface area contributed by atoms with E-state index in [4.69, 9.17) is 24.0 Å². The van der Waals surface area contributed by atoms with Crippen molar-refractivity contribution in [2.24, 2.45) is 5.10 Å². The highest BCUT2D eigenvalue weighted by molar-refractivity contribution is 6.03. The van der Waals surface area contributed by atoms with Gasteiger partial charge in [0.05, 0.1) is 45.7 Å². The fraction of sp³-hybridized carbons (Fsp3) is 0.464. The fourth-order valence-corrected chi connectivity index (χ4v) is 4.71. The van der Waals surface area contributed by atoms with Crippen molar-refractivity contribution in [2.75, 3.05) is 60.2 Å². The third kappa shape index (κ3) is 6.19. The van der Waals surface area contributed by atoms with Gasteiger partial charge in [0, 0.05) is 38.2 Å². The van der Waals surface area contributed by atoms with E-state index in [1.165, 1.54) is 0 Å². The second-order valence-corrected chi connectivity index (χ2v) is 9.04. The van der Waals surface area contributed by atoms with E-state index >= 15 is 0 Å². The minimum atomic E-state index is -0.308. The summed E-state index contributed by atoms with van der Waals surface area (Å²) in [5.74, 6) is 1.93. The van der Waals surface area contributed by atoms with Crippen LogP contribution in [0.15, 0.2) is 47.6 Å². The third-order valence-electron chi connectivity index (χ3n) is 6.72. The van der Waals surface area contributed by atoms with Crippen LogP contribution in [0.1, 0.15) is 37.4 Å². The lowest BCUT2D eigenvalue weighted by Gasteiger charge is -2.34. The molecule has 2 heterocycles. The number of hydrogen-bond donors (Lipinski definition) is 0. The van der Waals surface area contributed by atoms with Crippen LogP contribution in [-0.2, 0) is 9.53 Å². The Hall–Kier alpha value is -3.79. The first-order valence-electron chi connectivity index (χ1n) is 13.0. The van der Waals surface area contributed by atoms with Crippen molar-refractivity contribution in [1.82, 2.24) is 14.8 Å². The predicted octanol–water partition coefficient (Wildman–Crippen LogP) is 3.55. The zero-order valence-corrected chi connectivity index (χ0v) is 22.5. The summed E-state index contributed by atoms with van der Waals surface area (Å²) in [6.45, 7) is 7.12. The normalized spacial score (nSPS) is 17.7. The summed E-state index contributed by atoms with van der Waals surface area (Å²) in [7, 11) is 3.19. The van der Waals surface area contributed by atoms with Gasteiger partial charge in [0.25, 0.3) is 5.91 Å². The maximum absolute atomic E-state index is 13.6. The summed E-state index contributed by atoms with van der Waals surface area (Å²) in [5.41, 5.74) is 2.65. The lowest BCUT2D eigenvalue weighted by atomic mass is 9.98. The molecule has 0 N–H and O–H groups in total. The molecule has 0 saturated carbocycles. The Morgan fingerprint density at radius 1 is 0.921 bits per heavy atom. The molecular weight excluding hydrogens is 488 g/mol. The van der Waals surface area contributed by atoms with Crippen LogP contribution in [0.2, 0.25) is 0 Å². The van der Waals surface area contributed by atoms with E-state index in [1.54, 1.807) is 31.1 Å². The average Bonchev–Trinajstić information content (AvgIpc) is 3.39. The monoisotopic (exact) mass is 524 g/mol. The summed E-state index contributed by atoms with van der Waals surface area (Å²) in [5, 5.41) is 6.40. The lowest BCUT2D eigenvalue weighted by molar-refractivity contribution is -0.134. The molecule has 0 spiro atoms. The number of amides is 2. The molecule has 2 aromatic carbocycles. The maximum atomic E-state index is 13.6. The molecule has 10 heteroatoms. The summed E-state index contributed by atoms with van der Waals surface area (Å²) in [4.78, 5) is 29.3. The number of methoxy groups -OCH3 is 2. The van der Waals surface area contributed by atoms with E-state index in [-0.39, 0.29) is 24.6 Å². The molecule has 1 unspecified atom stereocenters. The summed E-state index contributed by atoms with van der Waals surface area (Å²) < 4.78 is 21.6. The van der Waals surface area contributed by atoms with Crippen LogP contribution in [0.25, 0.3) is 0 Å². The molecule has 2 aliphatic heterocycles. The first-order valence-corrected chi connectivity index (χ1v) is 13.0. The van der Waals surface area contributed by atoms with Gasteiger partial charge in [-0.05, 0) is 49.7 Å². The van der Waals surface area contributed by atoms with Crippen LogP contribution in [0.4, 0.5) is 4.79 Å². The van der Waals surface area contributed by atoms with Crippen molar-refractivity contribution < 1.29 is 28.5 Å². The second kappa shape index (κ2) is 12.6. The lowest BCUT2D eigenvalue weighted by Crippen LogP contribution is -2.51. The van der Waals surface area contributed by atoms with Gasteiger partial charge in [0.1, 0.15) is 5.75 Å². The van der Waals surface area contributed by atoms with Gasteiger partial charge in [0.2, 0.25) is 0 Å². The number of benzene rings is 2. The van der Waals surface area contributed by atoms with Crippen molar-refractivity contribution in [3.63, 3.8) is 0 Å². The maximum Gasteiger partial charge on any atom is 0.409 e. The molecule has 0 radical (unpaired) electrons. The number of rotatable bonds is 9. The van der Waals surface area contributed by atoms with Gasteiger partial charge in [-0.15, -0.1) is 0 Å². The van der Waals surface area contributed by atoms with Crippen LogP contribution in [0, 0.1) is 0 Å². The number of hydrazone groups is 1. The van der Waals surface area contributed by atoms with Gasteiger partial charge < -0.3 is 23.8 Å². The molecule has 204 valence electrons. The Bertz CT molecular complexity index is 1140. The van der Waals surface area contributed by atoms with Gasteiger partial charge in [-0.1, -0.05) is 12.1 Å². The Morgan fingerprint density at radius 3 is 2.26 bits per heavy atom. The standard InChI is InChI=1S/C28H36N4O6/c1-5-37-22-10-7-20(8-11-22)24-18-23(21-9-12-25(35-3)26(17-21)36-4)29-32(24)27(33)19-30-13-15-31(16-14-30)28(34)38-6-2/h7-12,17,24H,5-6,13-16,18-19H2,1-4H3. The molecule has 2 amide bonds. The van der Waals surface area contributed by atoms with Crippen LogP contribution >= 0.6 is 0 Å². The molecule has 2 aromatic rings. The molecule has 0 bridgehead atoms. The van der Waals surface area contributed by atoms with E-state index < -0.39 is 0 Å². The van der Waals surface area contributed by atoms with Crippen LogP contribution in [0.5, 0.6) is 17.2 Å². The molecule has 1 fully saturated rings. The minimum absolute atomic E-state index is 0.0936. The molecule has 2 aliphatic rings. The number of nitrogens with zero attached hydrogens (tertiary/aromatic N) is 4. The Balaban J connectivity index is 1.53. The van der Waals surface area contributed by atoms with Crippen LogP contribution in [0.3, 0.4) is 0 Å². The SMILES string of the molecule is CCOC(=O)N1CCN(CC(=O)N2N=C(c3ccc(OC)c(OC)c3)CC2c2ccc(OCC)cc2)CC1. The van der Waals surface area contributed by atoms with Gasteiger partial charge >= 0.3 is 6.09 Å². The zero-order chi connectivity index (χ0) is 27.1. The fourth-order valence-electron chi connectivity index (χ4n) is 4.71. The number of hydrogen-bond acceptors (Lipinski definition) is 8. The first-order chi connectivity index (χ1) is 18.5. The summed E-state index contributed by atoms with van der Waals surface area (Å²) >= 11 is 0. The van der Waals surface area contributed by atoms with Crippen LogP contribution in [-0.4, -0.2) is 92.7 Å². The Labute approximate surface area is 223 Å². The molecular formula is C28H36N4O6. The highest BCUT2D eigenvalue weighted by Gasteiger charge is 2.35. The Kier molecular flexibility index (Phi) is 9.06. The highest BCUT2D eigenvalue weighted by Crippen LogP contribution is 2.36. The van der Waals surface area contributed by atoms with Gasteiger partial charge in [-0.2, -0.15) is 5.10 Å². The zero-order valence-electron chi connectivity index (χ0n) is 22.5. The Morgan fingerprint density at radius 2 is 1.63 bits per heavy atom. The minimum Gasteiger partial charge on any atom is -0.494 e. The van der Waals surface area contributed by atoms with E-state index in [0.29, 0.717) is 57.3 Å².